The Kier molecular flexibility index (Phi) is 5.01. The van der Waals surface area contributed by atoms with E-state index in [-0.39, 0.29) is 5.56 Å². The molecule has 0 aliphatic heterocycles. The zero-order valence-corrected chi connectivity index (χ0v) is 14.9. The van der Waals surface area contributed by atoms with Crippen LogP contribution in [0.25, 0.3) is 22.4 Å². The minimum atomic E-state index is -0.408. The molecule has 4 nitrogen and oxygen atoms in total. The highest BCUT2D eigenvalue weighted by molar-refractivity contribution is 7.98. The topological polar surface area (TPSA) is 69.5 Å². The lowest BCUT2D eigenvalue weighted by Crippen LogP contribution is -2.14. The molecule has 0 fully saturated rings. The number of nitrogens with zero attached hydrogens (tertiary/aromatic N) is 2. The van der Waals surface area contributed by atoms with Gasteiger partial charge in [0.25, 0.3) is 5.56 Å². The van der Waals surface area contributed by atoms with Crippen LogP contribution in [0.5, 0.6) is 0 Å². The van der Waals surface area contributed by atoms with Gasteiger partial charge in [-0.05, 0) is 35.4 Å². The molecule has 0 saturated carbocycles. The third-order valence-corrected chi connectivity index (χ3v) is 4.61. The molecule has 0 bridgehead atoms. The van der Waals surface area contributed by atoms with E-state index in [0.29, 0.717) is 10.9 Å². The van der Waals surface area contributed by atoms with Gasteiger partial charge >= 0.3 is 0 Å². The van der Waals surface area contributed by atoms with Crippen LogP contribution in [0.2, 0.25) is 0 Å². The fourth-order valence-electron chi connectivity index (χ4n) is 2.64. The highest BCUT2D eigenvalue weighted by atomic mass is 32.2. The van der Waals surface area contributed by atoms with Crippen LogP contribution in [0, 0.1) is 11.3 Å². The van der Waals surface area contributed by atoms with Crippen molar-refractivity contribution in [3.8, 4) is 28.5 Å². The van der Waals surface area contributed by atoms with Gasteiger partial charge in [0.15, 0.2) is 5.16 Å². The molecule has 25 heavy (non-hydrogen) atoms. The van der Waals surface area contributed by atoms with E-state index in [1.54, 1.807) is 0 Å². The fraction of sp³-hybridized carbons (Fsp3) is 0.150. The Morgan fingerprint density at radius 2 is 1.84 bits per heavy atom. The van der Waals surface area contributed by atoms with E-state index < -0.39 is 5.56 Å². The first kappa shape index (κ1) is 17.0. The van der Waals surface area contributed by atoms with Crippen molar-refractivity contribution < 1.29 is 0 Å². The zero-order chi connectivity index (χ0) is 17.8. The molecule has 0 aliphatic carbocycles. The highest BCUT2D eigenvalue weighted by Crippen LogP contribution is 2.27. The minimum absolute atomic E-state index is 0.0382. The lowest BCUT2D eigenvalue weighted by molar-refractivity contribution is 0.938. The second kappa shape index (κ2) is 7.37. The summed E-state index contributed by atoms with van der Waals surface area (Å²) >= 11 is 1.34. The Bertz CT molecular complexity index is 1000. The lowest BCUT2D eigenvalue weighted by Gasteiger charge is -2.08. The van der Waals surface area contributed by atoms with E-state index in [1.807, 2.05) is 36.6 Å². The van der Waals surface area contributed by atoms with Crippen molar-refractivity contribution >= 4 is 11.8 Å². The molecule has 3 aromatic rings. The van der Waals surface area contributed by atoms with E-state index in [0.717, 1.165) is 23.1 Å². The first-order valence-corrected chi connectivity index (χ1v) is 9.17. The monoisotopic (exact) mass is 347 g/mol. The van der Waals surface area contributed by atoms with Crippen LogP contribution in [0.15, 0.2) is 58.5 Å². The fourth-order valence-corrected chi connectivity index (χ4v) is 3.02. The second-order valence-electron chi connectivity index (χ2n) is 5.54. The summed E-state index contributed by atoms with van der Waals surface area (Å²) in [6.45, 7) is 2.13. The van der Waals surface area contributed by atoms with Gasteiger partial charge in [0.2, 0.25) is 0 Å². The number of benzene rings is 2. The average Bonchev–Trinajstić information content (AvgIpc) is 2.67. The standard InChI is InChI=1S/C20H17N3OS/c1-3-13-7-9-14(10-8-13)15-5-4-6-16(11-15)18-17(12-21)19(24)23-20(22-18)25-2/h4-11H,3H2,1-2H3,(H,22,23,24). The van der Waals surface area contributed by atoms with Crippen LogP contribution >= 0.6 is 11.8 Å². The molecule has 3 rings (SSSR count). The highest BCUT2D eigenvalue weighted by Gasteiger charge is 2.13. The molecule has 1 heterocycles. The van der Waals surface area contributed by atoms with Gasteiger partial charge in [-0.2, -0.15) is 5.26 Å². The van der Waals surface area contributed by atoms with Crippen LogP contribution in [-0.2, 0) is 6.42 Å². The van der Waals surface area contributed by atoms with E-state index in [2.05, 4.69) is 41.2 Å². The lowest BCUT2D eigenvalue weighted by atomic mass is 9.99. The molecule has 2 aromatic carbocycles. The van der Waals surface area contributed by atoms with Crippen LogP contribution in [0.3, 0.4) is 0 Å². The van der Waals surface area contributed by atoms with E-state index in [4.69, 9.17) is 0 Å². The number of H-pyrrole nitrogens is 1. The van der Waals surface area contributed by atoms with E-state index in [9.17, 15) is 10.1 Å². The molecule has 5 heteroatoms. The Morgan fingerprint density at radius 3 is 2.48 bits per heavy atom. The van der Waals surface area contributed by atoms with Crippen molar-refractivity contribution in [2.75, 3.05) is 6.26 Å². The number of rotatable bonds is 4. The van der Waals surface area contributed by atoms with Gasteiger partial charge in [-0.15, -0.1) is 0 Å². The summed E-state index contributed by atoms with van der Waals surface area (Å²) in [5, 5.41) is 9.85. The molecule has 0 radical (unpaired) electrons. The quantitative estimate of drug-likeness (QED) is 0.565. The predicted molar refractivity (Wildman–Crippen MR) is 102 cm³/mol. The maximum absolute atomic E-state index is 12.1. The Morgan fingerprint density at radius 1 is 1.12 bits per heavy atom. The SMILES string of the molecule is CCc1ccc(-c2cccc(-c3nc(SC)[nH]c(=O)c3C#N)c2)cc1. The van der Waals surface area contributed by atoms with Crippen molar-refractivity contribution in [2.24, 2.45) is 0 Å². The number of nitriles is 1. The van der Waals surface area contributed by atoms with Crippen molar-refractivity contribution in [2.45, 2.75) is 18.5 Å². The Balaban J connectivity index is 2.12. The predicted octanol–water partition coefficient (Wildman–Crippen LogP) is 4.26. The van der Waals surface area contributed by atoms with Gasteiger partial charge < -0.3 is 4.98 Å². The van der Waals surface area contributed by atoms with Crippen LogP contribution in [0.1, 0.15) is 18.1 Å². The molecular weight excluding hydrogens is 330 g/mol. The normalized spacial score (nSPS) is 10.4. The summed E-state index contributed by atoms with van der Waals surface area (Å²) in [6, 6.07) is 18.1. The number of aryl methyl sites for hydroxylation is 1. The average molecular weight is 347 g/mol. The van der Waals surface area contributed by atoms with E-state index >= 15 is 0 Å². The Hall–Kier alpha value is -2.84. The van der Waals surface area contributed by atoms with Gasteiger partial charge in [-0.3, -0.25) is 4.79 Å². The summed E-state index contributed by atoms with van der Waals surface area (Å²) in [4.78, 5) is 19.2. The smallest absolute Gasteiger partial charge is 0.270 e. The molecular formula is C20H17N3OS. The molecule has 1 N–H and O–H groups in total. The van der Waals surface area contributed by atoms with Crippen molar-refractivity contribution in [1.29, 1.82) is 5.26 Å². The van der Waals surface area contributed by atoms with Gasteiger partial charge in [0, 0.05) is 5.56 Å². The van der Waals surface area contributed by atoms with Crippen LogP contribution in [-0.4, -0.2) is 16.2 Å². The third kappa shape index (κ3) is 3.49. The summed E-state index contributed by atoms with van der Waals surface area (Å²) in [7, 11) is 0. The number of aromatic nitrogens is 2. The summed E-state index contributed by atoms with van der Waals surface area (Å²) in [5.74, 6) is 0. The van der Waals surface area contributed by atoms with Crippen molar-refractivity contribution in [3.63, 3.8) is 0 Å². The summed E-state index contributed by atoms with van der Waals surface area (Å²) in [6.07, 6.45) is 2.83. The molecule has 124 valence electrons. The number of hydrogen-bond donors (Lipinski definition) is 1. The van der Waals surface area contributed by atoms with E-state index in [1.165, 1.54) is 17.3 Å². The first-order valence-electron chi connectivity index (χ1n) is 7.94. The molecule has 0 spiro atoms. The number of thioether (sulfide) groups is 1. The van der Waals surface area contributed by atoms with Crippen molar-refractivity contribution in [3.05, 3.63) is 70.0 Å². The second-order valence-corrected chi connectivity index (χ2v) is 6.34. The molecule has 0 unspecified atom stereocenters. The van der Waals surface area contributed by atoms with Gasteiger partial charge in [-0.25, -0.2) is 4.98 Å². The number of nitrogens with one attached hydrogen (secondary N) is 1. The molecule has 1 aromatic heterocycles. The zero-order valence-electron chi connectivity index (χ0n) is 14.0. The third-order valence-electron chi connectivity index (χ3n) is 4.03. The van der Waals surface area contributed by atoms with Gasteiger partial charge in [0.05, 0.1) is 5.69 Å². The maximum Gasteiger partial charge on any atom is 0.270 e. The minimum Gasteiger partial charge on any atom is -0.300 e. The molecule has 0 saturated heterocycles. The number of hydrogen-bond acceptors (Lipinski definition) is 4. The largest absolute Gasteiger partial charge is 0.300 e. The molecule has 0 amide bonds. The van der Waals surface area contributed by atoms with Gasteiger partial charge in [0.1, 0.15) is 11.6 Å². The maximum atomic E-state index is 12.1. The Labute approximate surface area is 150 Å². The van der Waals surface area contributed by atoms with Gasteiger partial charge in [-0.1, -0.05) is 61.2 Å². The van der Waals surface area contributed by atoms with Crippen LogP contribution < -0.4 is 5.56 Å². The molecule has 0 aliphatic rings. The molecule has 0 atom stereocenters. The van der Waals surface area contributed by atoms with Crippen molar-refractivity contribution in [1.82, 2.24) is 9.97 Å². The number of aromatic amines is 1. The van der Waals surface area contributed by atoms with Crippen LogP contribution in [0.4, 0.5) is 0 Å². The first-order chi connectivity index (χ1) is 12.2. The summed E-state index contributed by atoms with van der Waals surface area (Å²) in [5.41, 5.74) is 4.21. The summed E-state index contributed by atoms with van der Waals surface area (Å²) < 4.78 is 0.